The largest absolute Gasteiger partial charge is 0.496 e. The highest BCUT2D eigenvalue weighted by Crippen LogP contribution is 2.44. The van der Waals surface area contributed by atoms with Gasteiger partial charge in [0.15, 0.2) is 0 Å². The van der Waals surface area contributed by atoms with Gasteiger partial charge in [0, 0.05) is 17.0 Å². The van der Waals surface area contributed by atoms with Crippen molar-refractivity contribution in [2.75, 3.05) is 26.9 Å². The maximum atomic E-state index is 13.5. The molecule has 0 bridgehead atoms. The Balaban J connectivity index is 1.90. The average molecular weight is 252 g/mol. The normalized spacial score (nSPS) is 25.2. The molecule has 1 aromatic rings. The molecule has 2 aliphatic heterocycles. The number of halogens is 1. The Labute approximate surface area is 106 Å². The first kappa shape index (κ1) is 11.9. The average Bonchev–Trinajstić information content (AvgIpc) is 2.77. The van der Waals surface area contributed by atoms with E-state index in [9.17, 15) is 4.39 Å². The number of hydrogen-bond donors (Lipinski definition) is 0. The predicted molar refractivity (Wildman–Crippen MR) is 64.5 cm³/mol. The smallest absolute Gasteiger partial charge is 0.129 e. The van der Waals surface area contributed by atoms with E-state index in [-0.39, 0.29) is 17.3 Å². The zero-order valence-corrected chi connectivity index (χ0v) is 10.7. The summed E-state index contributed by atoms with van der Waals surface area (Å²) in [5.41, 5.74) is 1.51. The first-order valence-electron chi connectivity index (χ1n) is 6.20. The van der Waals surface area contributed by atoms with Crippen LogP contribution in [0.5, 0.6) is 5.75 Å². The van der Waals surface area contributed by atoms with Crippen LogP contribution in [0.4, 0.5) is 4.39 Å². The van der Waals surface area contributed by atoms with Crippen LogP contribution in [-0.4, -0.2) is 32.5 Å². The Morgan fingerprint density at radius 3 is 2.72 bits per heavy atom. The summed E-state index contributed by atoms with van der Waals surface area (Å²) in [7, 11) is 1.59. The summed E-state index contributed by atoms with van der Waals surface area (Å²) in [5, 5.41) is 0. The molecule has 4 heteroatoms. The SMILES string of the molecule is COc1c(C2COC3(COC3)C2)ccc(F)c1C. The number of ether oxygens (including phenoxy) is 3. The third-order valence-corrected chi connectivity index (χ3v) is 3.95. The van der Waals surface area contributed by atoms with Crippen LogP contribution in [0.3, 0.4) is 0 Å². The van der Waals surface area contributed by atoms with Crippen LogP contribution in [0.2, 0.25) is 0 Å². The van der Waals surface area contributed by atoms with Crippen molar-refractivity contribution in [2.45, 2.75) is 24.9 Å². The third-order valence-electron chi connectivity index (χ3n) is 3.95. The lowest BCUT2D eigenvalue weighted by Crippen LogP contribution is -2.48. The first-order chi connectivity index (χ1) is 8.65. The highest BCUT2D eigenvalue weighted by molar-refractivity contribution is 5.44. The van der Waals surface area contributed by atoms with Crippen molar-refractivity contribution in [3.8, 4) is 5.75 Å². The molecule has 0 saturated carbocycles. The third kappa shape index (κ3) is 1.71. The maximum Gasteiger partial charge on any atom is 0.129 e. The molecule has 2 saturated heterocycles. The van der Waals surface area contributed by atoms with Crippen LogP contribution in [0.25, 0.3) is 0 Å². The van der Waals surface area contributed by atoms with E-state index in [1.807, 2.05) is 6.07 Å². The van der Waals surface area contributed by atoms with Gasteiger partial charge < -0.3 is 14.2 Å². The molecule has 0 amide bonds. The number of methoxy groups -OCH3 is 1. The second-order valence-electron chi connectivity index (χ2n) is 5.18. The van der Waals surface area contributed by atoms with E-state index < -0.39 is 0 Å². The van der Waals surface area contributed by atoms with E-state index in [4.69, 9.17) is 14.2 Å². The van der Waals surface area contributed by atoms with Gasteiger partial charge in [0.2, 0.25) is 0 Å². The zero-order chi connectivity index (χ0) is 12.8. The van der Waals surface area contributed by atoms with Gasteiger partial charge in [0.05, 0.1) is 26.9 Å². The summed E-state index contributed by atoms with van der Waals surface area (Å²) in [5.74, 6) is 0.695. The monoisotopic (exact) mass is 252 g/mol. The maximum absolute atomic E-state index is 13.5. The molecular formula is C14H17FO3. The second-order valence-corrected chi connectivity index (χ2v) is 5.18. The number of hydrogen-bond acceptors (Lipinski definition) is 3. The van der Waals surface area contributed by atoms with Gasteiger partial charge in [-0.15, -0.1) is 0 Å². The van der Waals surface area contributed by atoms with Crippen LogP contribution in [0.1, 0.15) is 23.5 Å². The summed E-state index contributed by atoms with van der Waals surface area (Å²) in [6, 6.07) is 3.32. The molecule has 1 spiro atoms. The first-order valence-corrected chi connectivity index (χ1v) is 6.20. The van der Waals surface area contributed by atoms with Gasteiger partial charge in [-0.1, -0.05) is 6.07 Å². The van der Waals surface area contributed by atoms with Gasteiger partial charge in [-0.25, -0.2) is 4.39 Å². The van der Waals surface area contributed by atoms with Gasteiger partial charge in [0.1, 0.15) is 17.2 Å². The van der Waals surface area contributed by atoms with Gasteiger partial charge in [-0.3, -0.25) is 0 Å². The van der Waals surface area contributed by atoms with E-state index in [0.717, 1.165) is 12.0 Å². The second kappa shape index (κ2) is 4.21. The van der Waals surface area contributed by atoms with Gasteiger partial charge in [-0.2, -0.15) is 0 Å². The fraction of sp³-hybridized carbons (Fsp3) is 0.571. The minimum atomic E-state index is -0.226. The molecular weight excluding hydrogens is 235 g/mol. The summed E-state index contributed by atoms with van der Waals surface area (Å²) >= 11 is 0. The van der Waals surface area contributed by atoms with Gasteiger partial charge >= 0.3 is 0 Å². The number of rotatable bonds is 2. The van der Waals surface area contributed by atoms with Crippen LogP contribution < -0.4 is 4.74 Å². The van der Waals surface area contributed by atoms with Crippen LogP contribution in [0.15, 0.2) is 12.1 Å². The quantitative estimate of drug-likeness (QED) is 0.809. The van der Waals surface area contributed by atoms with Crippen molar-refractivity contribution in [3.05, 3.63) is 29.1 Å². The molecule has 2 fully saturated rings. The van der Waals surface area contributed by atoms with Gasteiger partial charge in [0.25, 0.3) is 0 Å². The Morgan fingerprint density at radius 2 is 2.17 bits per heavy atom. The molecule has 1 atom stereocenters. The highest BCUT2D eigenvalue weighted by atomic mass is 19.1. The Hall–Kier alpha value is -1.13. The van der Waals surface area contributed by atoms with Crippen molar-refractivity contribution in [1.82, 2.24) is 0 Å². The van der Waals surface area contributed by atoms with E-state index in [0.29, 0.717) is 31.1 Å². The minimum absolute atomic E-state index is 0.0992. The van der Waals surface area contributed by atoms with E-state index >= 15 is 0 Å². The van der Waals surface area contributed by atoms with E-state index in [1.165, 1.54) is 6.07 Å². The van der Waals surface area contributed by atoms with Crippen molar-refractivity contribution in [3.63, 3.8) is 0 Å². The van der Waals surface area contributed by atoms with Crippen molar-refractivity contribution in [2.24, 2.45) is 0 Å². The summed E-state index contributed by atoms with van der Waals surface area (Å²) in [4.78, 5) is 0. The molecule has 3 nitrogen and oxygen atoms in total. The van der Waals surface area contributed by atoms with Crippen LogP contribution >= 0.6 is 0 Å². The topological polar surface area (TPSA) is 27.7 Å². The Kier molecular flexibility index (Phi) is 2.79. The zero-order valence-electron chi connectivity index (χ0n) is 10.7. The molecule has 1 unspecified atom stereocenters. The van der Waals surface area contributed by atoms with Gasteiger partial charge in [-0.05, 0) is 19.4 Å². The molecule has 98 valence electrons. The molecule has 0 radical (unpaired) electrons. The molecule has 0 N–H and O–H groups in total. The van der Waals surface area contributed by atoms with E-state index in [1.54, 1.807) is 14.0 Å². The molecule has 3 rings (SSSR count). The molecule has 2 aliphatic rings. The Morgan fingerprint density at radius 1 is 1.39 bits per heavy atom. The standard InChI is InChI=1S/C14H17FO3/c1-9-12(15)4-3-11(13(9)16-2)10-5-14(18-6-10)7-17-8-14/h3-4,10H,5-8H2,1-2H3. The molecule has 2 heterocycles. The van der Waals surface area contributed by atoms with E-state index in [2.05, 4.69) is 0 Å². The predicted octanol–water partition coefficient (Wildman–Crippen LogP) is 2.42. The Bertz CT molecular complexity index is 468. The molecule has 18 heavy (non-hydrogen) atoms. The highest BCUT2D eigenvalue weighted by Gasteiger charge is 2.47. The van der Waals surface area contributed by atoms with Crippen LogP contribution in [-0.2, 0) is 9.47 Å². The lowest BCUT2D eigenvalue weighted by atomic mass is 9.87. The van der Waals surface area contributed by atoms with Crippen LogP contribution in [0, 0.1) is 12.7 Å². The molecule has 1 aromatic carbocycles. The fourth-order valence-electron chi connectivity index (χ4n) is 2.86. The molecule has 0 aromatic heterocycles. The number of benzene rings is 1. The fourth-order valence-corrected chi connectivity index (χ4v) is 2.86. The summed E-state index contributed by atoms with van der Waals surface area (Å²) in [6.07, 6.45) is 0.925. The van der Waals surface area contributed by atoms with Crippen molar-refractivity contribution < 1.29 is 18.6 Å². The lowest BCUT2D eigenvalue weighted by Gasteiger charge is -2.36. The summed E-state index contributed by atoms with van der Waals surface area (Å²) in [6.45, 7) is 3.75. The lowest BCUT2D eigenvalue weighted by molar-refractivity contribution is -0.184. The van der Waals surface area contributed by atoms with Crippen molar-refractivity contribution in [1.29, 1.82) is 0 Å². The molecule has 0 aliphatic carbocycles. The minimum Gasteiger partial charge on any atom is -0.496 e. The van der Waals surface area contributed by atoms with Crippen molar-refractivity contribution >= 4 is 0 Å². The summed E-state index contributed by atoms with van der Waals surface area (Å²) < 4.78 is 30.0.